The largest absolute Gasteiger partial charge is 0.494 e. The van der Waals surface area contributed by atoms with Crippen LogP contribution in [0.5, 0.6) is 5.75 Å². The highest BCUT2D eigenvalue weighted by molar-refractivity contribution is 5.56. The number of aromatic nitrogens is 3. The summed E-state index contributed by atoms with van der Waals surface area (Å²) < 4.78 is 20.5. The Morgan fingerprint density at radius 3 is 2.78 bits per heavy atom. The van der Waals surface area contributed by atoms with E-state index < -0.39 is 5.82 Å². The van der Waals surface area contributed by atoms with Crippen LogP contribution in [0, 0.1) is 11.7 Å². The summed E-state index contributed by atoms with van der Waals surface area (Å²) >= 11 is 0. The van der Waals surface area contributed by atoms with Gasteiger partial charge < -0.3 is 9.30 Å². The SMILES string of the molecule is COc1ccc(-c2nncn2CC(C)C)cc1F. The van der Waals surface area contributed by atoms with Crippen LogP contribution in [0.25, 0.3) is 11.4 Å². The van der Waals surface area contributed by atoms with Crippen molar-refractivity contribution in [3.63, 3.8) is 0 Å². The molecule has 2 aromatic rings. The molecule has 18 heavy (non-hydrogen) atoms. The minimum atomic E-state index is -0.394. The Bertz CT molecular complexity index is 537. The van der Waals surface area contributed by atoms with Gasteiger partial charge in [0.1, 0.15) is 6.33 Å². The van der Waals surface area contributed by atoms with Crippen molar-refractivity contribution in [1.29, 1.82) is 0 Å². The predicted octanol–water partition coefficient (Wildman–Crippen LogP) is 2.75. The second-order valence-electron chi connectivity index (χ2n) is 4.55. The number of nitrogens with zero attached hydrogens (tertiary/aromatic N) is 3. The fourth-order valence-corrected chi connectivity index (χ4v) is 1.81. The molecule has 96 valence electrons. The van der Waals surface area contributed by atoms with Gasteiger partial charge in [0.25, 0.3) is 0 Å². The fourth-order valence-electron chi connectivity index (χ4n) is 1.81. The molecule has 4 nitrogen and oxygen atoms in total. The highest BCUT2D eigenvalue weighted by Gasteiger charge is 2.11. The summed E-state index contributed by atoms with van der Waals surface area (Å²) in [5.41, 5.74) is 0.700. The number of methoxy groups -OCH3 is 1. The minimum Gasteiger partial charge on any atom is -0.494 e. The van der Waals surface area contributed by atoms with Gasteiger partial charge in [0.05, 0.1) is 7.11 Å². The second-order valence-corrected chi connectivity index (χ2v) is 4.55. The van der Waals surface area contributed by atoms with Crippen LogP contribution in [-0.4, -0.2) is 21.9 Å². The van der Waals surface area contributed by atoms with Gasteiger partial charge >= 0.3 is 0 Å². The zero-order valence-corrected chi connectivity index (χ0v) is 10.7. The molecule has 0 bridgehead atoms. The Morgan fingerprint density at radius 1 is 1.39 bits per heavy atom. The molecule has 0 atom stereocenters. The standard InChI is InChI=1S/C13H16FN3O/c1-9(2)7-17-8-15-16-13(17)10-4-5-12(18-3)11(14)6-10/h4-6,8-9H,7H2,1-3H3. The van der Waals surface area contributed by atoms with Crippen LogP contribution < -0.4 is 4.74 Å². The summed E-state index contributed by atoms with van der Waals surface area (Å²) in [6.07, 6.45) is 1.66. The van der Waals surface area contributed by atoms with Gasteiger partial charge in [-0.25, -0.2) is 4.39 Å². The molecule has 0 unspecified atom stereocenters. The van der Waals surface area contributed by atoms with E-state index in [2.05, 4.69) is 24.0 Å². The molecule has 0 N–H and O–H groups in total. The first-order valence-electron chi connectivity index (χ1n) is 5.83. The molecular weight excluding hydrogens is 233 g/mol. The van der Waals surface area contributed by atoms with Gasteiger partial charge in [-0.3, -0.25) is 0 Å². The van der Waals surface area contributed by atoms with Crippen molar-refractivity contribution in [2.24, 2.45) is 5.92 Å². The lowest BCUT2D eigenvalue weighted by molar-refractivity contribution is 0.386. The summed E-state index contributed by atoms with van der Waals surface area (Å²) in [4.78, 5) is 0. The van der Waals surface area contributed by atoms with Gasteiger partial charge in [-0.2, -0.15) is 0 Å². The van der Waals surface area contributed by atoms with Gasteiger partial charge in [0.2, 0.25) is 0 Å². The molecule has 0 radical (unpaired) electrons. The lowest BCUT2D eigenvalue weighted by Gasteiger charge is -2.09. The van der Waals surface area contributed by atoms with Crippen LogP contribution in [0.1, 0.15) is 13.8 Å². The molecule has 0 aliphatic heterocycles. The third kappa shape index (κ3) is 2.50. The number of hydrogen-bond donors (Lipinski definition) is 0. The molecule has 0 amide bonds. The van der Waals surface area contributed by atoms with Gasteiger partial charge in [0, 0.05) is 12.1 Å². The van der Waals surface area contributed by atoms with Crippen LogP contribution in [0.3, 0.4) is 0 Å². The van der Waals surface area contributed by atoms with Crippen molar-refractivity contribution in [2.45, 2.75) is 20.4 Å². The molecule has 0 spiro atoms. The van der Waals surface area contributed by atoms with E-state index in [4.69, 9.17) is 4.74 Å². The first-order chi connectivity index (χ1) is 8.61. The summed E-state index contributed by atoms with van der Waals surface area (Å²) in [7, 11) is 1.44. The highest BCUT2D eigenvalue weighted by Crippen LogP contribution is 2.24. The van der Waals surface area contributed by atoms with E-state index in [1.165, 1.54) is 13.2 Å². The zero-order valence-electron chi connectivity index (χ0n) is 10.7. The predicted molar refractivity (Wildman–Crippen MR) is 66.8 cm³/mol. The van der Waals surface area contributed by atoms with E-state index in [9.17, 15) is 4.39 Å². The topological polar surface area (TPSA) is 39.9 Å². The average Bonchev–Trinajstić information content (AvgIpc) is 2.76. The molecule has 5 heteroatoms. The van der Waals surface area contributed by atoms with E-state index in [1.807, 2.05) is 4.57 Å². The first kappa shape index (κ1) is 12.5. The van der Waals surface area contributed by atoms with Crippen LogP contribution >= 0.6 is 0 Å². The molecule has 2 rings (SSSR count). The van der Waals surface area contributed by atoms with Gasteiger partial charge in [-0.05, 0) is 24.1 Å². The van der Waals surface area contributed by atoms with E-state index in [0.717, 1.165) is 6.54 Å². The lowest BCUT2D eigenvalue weighted by atomic mass is 10.1. The monoisotopic (exact) mass is 249 g/mol. The summed E-state index contributed by atoms with van der Waals surface area (Å²) in [6.45, 7) is 5.02. The van der Waals surface area contributed by atoms with E-state index >= 15 is 0 Å². The van der Waals surface area contributed by atoms with Crippen molar-refractivity contribution < 1.29 is 9.13 Å². The maximum absolute atomic E-state index is 13.7. The van der Waals surface area contributed by atoms with Gasteiger partial charge in [0.15, 0.2) is 17.4 Å². The number of halogens is 1. The molecule has 0 aliphatic rings. The first-order valence-corrected chi connectivity index (χ1v) is 5.83. The third-order valence-corrected chi connectivity index (χ3v) is 2.59. The number of ether oxygens (including phenoxy) is 1. The normalized spacial score (nSPS) is 10.9. The smallest absolute Gasteiger partial charge is 0.165 e. The molecule has 1 aromatic heterocycles. The Kier molecular flexibility index (Phi) is 3.60. The molecule has 0 fully saturated rings. The van der Waals surface area contributed by atoms with E-state index in [0.29, 0.717) is 17.3 Å². The maximum atomic E-state index is 13.7. The summed E-state index contributed by atoms with van der Waals surface area (Å²) in [5, 5.41) is 7.92. The number of benzene rings is 1. The summed E-state index contributed by atoms with van der Waals surface area (Å²) in [5.74, 6) is 0.982. The quantitative estimate of drug-likeness (QED) is 0.836. The number of hydrogen-bond acceptors (Lipinski definition) is 3. The molecule has 1 heterocycles. The lowest BCUT2D eigenvalue weighted by Crippen LogP contribution is -2.05. The molecule has 1 aromatic carbocycles. The molecule has 0 saturated heterocycles. The van der Waals surface area contributed by atoms with Crippen molar-refractivity contribution in [1.82, 2.24) is 14.8 Å². The van der Waals surface area contributed by atoms with Crippen molar-refractivity contribution in [3.8, 4) is 17.1 Å². The third-order valence-electron chi connectivity index (χ3n) is 2.59. The van der Waals surface area contributed by atoms with E-state index in [1.54, 1.807) is 18.5 Å². The van der Waals surface area contributed by atoms with Crippen molar-refractivity contribution >= 4 is 0 Å². The second kappa shape index (κ2) is 5.16. The molecule has 0 aliphatic carbocycles. The maximum Gasteiger partial charge on any atom is 0.165 e. The summed E-state index contributed by atoms with van der Waals surface area (Å²) in [6, 6.07) is 4.79. The molecule has 0 saturated carbocycles. The Hall–Kier alpha value is -1.91. The molecular formula is C13H16FN3O. The minimum absolute atomic E-state index is 0.230. The highest BCUT2D eigenvalue weighted by atomic mass is 19.1. The Balaban J connectivity index is 2.37. The van der Waals surface area contributed by atoms with Crippen LogP contribution in [-0.2, 0) is 6.54 Å². The van der Waals surface area contributed by atoms with Crippen LogP contribution in [0.4, 0.5) is 4.39 Å². The van der Waals surface area contributed by atoms with Gasteiger partial charge in [-0.1, -0.05) is 13.8 Å². The Morgan fingerprint density at radius 2 is 2.17 bits per heavy atom. The Labute approximate surface area is 105 Å². The van der Waals surface area contributed by atoms with Crippen LogP contribution in [0.2, 0.25) is 0 Å². The van der Waals surface area contributed by atoms with Crippen LogP contribution in [0.15, 0.2) is 24.5 Å². The van der Waals surface area contributed by atoms with Crippen molar-refractivity contribution in [2.75, 3.05) is 7.11 Å². The average molecular weight is 249 g/mol. The number of rotatable bonds is 4. The van der Waals surface area contributed by atoms with E-state index in [-0.39, 0.29) is 5.75 Å². The van der Waals surface area contributed by atoms with Crippen molar-refractivity contribution in [3.05, 3.63) is 30.3 Å². The van der Waals surface area contributed by atoms with Gasteiger partial charge in [-0.15, -0.1) is 10.2 Å². The fraction of sp³-hybridized carbons (Fsp3) is 0.385. The zero-order chi connectivity index (χ0) is 13.1.